The normalized spacial score (nSPS) is 21.5. The molecule has 1 fully saturated rings. The maximum absolute atomic E-state index is 14.1. The average molecular weight is 398 g/mol. The molecule has 0 radical (unpaired) electrons. The summed E-state index contributed by atoms with van der Waals surface area (Å²) in [6, 6.07) is 7.67. The van der Waals surface area contributed by atoms with Crippen molar-refractivity contribution in [2.75, 3.05) is 12.4 Å². The number of fused-ring (bicyclic) bond motifs is 1. The lowest BCUT2D eigenvalue weighted by molar-refractivity contribution is -0.136. The van der Waals surface area contributed by atoms with Crippen molar-refractivity contribution in [2.45, 2.75) is 31.9 Å². The van der Waals surface area contributed by atoms with Gasteiger partial charge in [0.2, 0.25) is 11.8 Å². The summed E-state index contributed by atoms with van der Waals surface area (Å²) in [6.45, 7) is 0.206. The lowest BCUT2D eigenvalue weighted by Gasteiger charge is -2.29. The molecule has 2 aromatic carbocycles. The molecule has 2 aliphatic heterocycles. The van der Waals surface area contributed by atoms with Gasteiger partial charge in [-0.2, -0.15) is 0 Å². The van der Waals surface area contributed by atoms with Crippen molar-refractivity contribution >= 4 is 23.4 Å². The number of nitrogens with zero attached hydrogens (tertiary/aromatic N) is 1. The third kappa shape index (κ3) is 3.53. The molecule has 4 rings (SSSR count). The summed E-state index contributed by atoms with van der Waals surface area (Å²) in [7, 11) is 1.50. The van der Waals surface area contributed by atoms with E-state index in [0.717, 1.165) is 0 Å². The third-order valence-corrected chi connectivity index (χ3v) is 5.12. The van der Waals surface area contributed by atoms with Gasteiger partial charge in [0.1, 0.15) is 17.6 Å². The van der Waals surface area contributed by atoms with Gasteiger partial charge in [0.05, 0.1) is 8.48 Å². The summed E-state index contributed by atoms with van der Waals surface area (Å²) in [5.74, 6) is -1.55. The van der Waals surface area contributed by atoms with Gasteiger partial charge >= 0.3 is 0 Å². The summed E-state index contributed by atoms with van der Waals surface area (Å²) in [5.41, 5.74) is 2.02. The van der Waals surface area contributed by atoms with Crippen LogP contribution in [0.3, 0.4) is 0 Å². The van der Waals surface area contributed by atoms with E-state index in [0.29, 0.717) is 28.1 Å². The van der Waals surface area contributed by atoms with E-state index in [1.807, 2.05) is 0 Å². The number of carbonyl (C=O) groups excluding carboxylic acids is 3. The van der Waals surface area contributed by atoms with E-state index in [-0.39, 0.29) is 31.7 Å². The molecule has 2 aromatic rings. The highest BCUT2D eigenvalue weighted by Gasteiger charge is 2.39. The fourth-order valence-corrected chi connectivity index (χ4v) is 3.58. The first-order valence-electron chi connectivity index (χ1n) is 9.68. The lowest BCUT2D eigenvalue weighted by atomic mass is 10.0. The Labute approximate surface area is 168 Å². The van der Waals surface area contributed by atoms with Gasteiger partial charge in [0.15, 0.2) is 0 Å². The first kappa shape index (κ1) is 17.7. The van der Waals surface area contributed by atoms with Gasteiger partial charge in [-0.05, 0) is 36.8 Å². The van der Waals surface area contributed by atoms with Crippen LogP contribution in [0.1, 0.15) is 35.7 Å². The highest BCUT2D eigenvalue weighted by atomic mass is 19.1. The Bertz CT molecular complexity index is 1060. The van der Waals surface area contributed by atoms with E-state index < -0.39 is 23.7 Å². The number of anilines is 1. The summed E-state index contributed by atoms with van der Waals surface area (Å²) in [6.07, 6.45) is -0.0647. The van der Waals surface area contributed by atoms with Crippen molar-refractivity contribution in [2.24, 2.45) is 0 Å². The largest absolute Gasteiger partial charge is 0.497 e. The second kappa shape index (κ2) is 7.54. The Morgan fingerprint density at radius 1 is 1.31 bits per heavy atom. The molecule has 0 saturated carbocycles. The van der Waals surface area contributed by atoms with E-state index in [1.54, 1.807) is 24.3 Å². The molecule has 0 spiro atoms. The smallest absolute Gasteiger partial charge is 0.255 e. The van der Waals surface area contributed by atoms with E-state index in [9.17, 15) is 18.8 Å². The standard InChI is InChI=1S/C21H20FN3O4/c1-29-13-5-6-16(22)12(9-13)10-23-17-4-2-3-14-15(17)11-25(21(14)28)18-7-8-19(26)24-20(18)27/h2-6,9,18,23H,7-8,10-11H2,1H3,(H,24,26,27)/t18-/m1/s1/i18D. The minimum absolute atomic E-state index is 0.00438. The maximum atomic E-state index is 14.1. The van der Waals surface area contributed by atoms with Crippen LogP contribution in [0.4, 0.5) is 10.1 Å². The van der Waals surface area contributed by atoms with Gasteiger partial charge in [-0.25, -0.2) is 4.39 Å². The summed E-state index contributed by atoms with van der Waals surface area (Å²) in [4.78, 5) is 37.9. The number of hydrogen-bond acceptors (Lipinski definition) is 5. The number of hydrogen-bond donors (Lipinski definition) is 2. The van der Waals surface area contributed by atoms with Gasteiger partial charge in [0, 0.05) is 41.9 Å². The average Bonchev–Trinajstić information content (AvgIpc) is 3.08. The summed E-state index contributed by atoms with van der Waals surface area (Å²) in [5, 5.41) is 5.28. The number of piperidine rings is 1. The Kier molecular flexibility index (Phi) is 4.59. The first-order valence-corrected chi connectivity index (χ1v) is 9.18. The predicted octanol–water partition coefficient (Wildman–Crippen LogP) is 2.21. The fraction of sp³-hybridized carbons (Fsp3) is 0.286. The van der Waals surface area contributed by atoms with Gasteiger partial charge in [0.25, 0.3) is 5.91 Å². The zero-order chi connectivity index (χ0) is 21.5. The number of amides is 3. The van der Waals surface area contributed by atoms with Crippen LogP contribution in [0.25, 0.3) is 0 Å². The summed E-state index contributed by atoms with van der Waals surface area (Å²) >= 11 is 0. The van der Waals surface area contributed by atoms with E-state index >= 15 is 0 Å². The van der Waals surface area contributed by atoms with Crippen LogP contribution >= 0.6 is 0 Å². The lowest BCUT2D eigenvalue weighted by Crippen LogP contribution is -2.52. The molecule has 7 nitrogen and oxygen atoms in total. The SMILES string of the molecule is [2H][C@@]1(N2Cc3c(NCc4cc(OC)ccc4F)cccc3C2=O)CCC(=O)NC1=O. The number of imide groups is 1. The minimum Gasteiger partial charge on any atom is -0.497 e. The maximum Gasteiger partial charge on any atom is 0.255 e. The molecule has 8 heteroatoms. The molecule has 0 aromatic heterocycles. The molecular weight excluding hydrogens is 377 g/mol. The van der Waals surface area contributed by atoms with Crippen molar-refractivity contribution < 1.29 is 24.9 Å². The Balaban J connectivity index is 1.58. The van der Waals surface area contributed by atoms with Gasteiger partial charge in [-0.3, -0.25) is 19.7 Å². The number of nitrogens with one attached hydrogen (secondary N) is 2. The zero-order valence-corrected chi connectivity index (χ0v) is 15.8. The Morgan fingerprint density at radius 2 is 2.14 bits per heavy atom. The van der Waals surface area contributed by atoms with Crippen LogP contribution in [0.15, 0.2) is 36.4 Å². The highest BCUT2D eigenvalue weighted by Crippen LogP contribution is 2.32. The molecule has 2 heterocycles. The Hall–Kier alpha value is -3.42. The molecule has 2 aliphatic rings. The molecule has 2 N–H and O–H groups in total. The van der Waals surface area contributed by atoms with E-state index in [2.05, 4.69) is 10.6 Å². The third-order valence-electron chi connectivity index (χ3n) is 5.12. The number of halogens is 1. The number of methoxy groups -OCH3 is 1. The van der Waals surface area contributed by atoms with Crippen LogP contribution in [0.2, 0.25) is 0 Å². The van der Waals surface area contributed by atoms with Crippen molar-refractivity contribution in [3.63, 3.8) is 0 Å². The van der Waals surface area contributed by atoms with Crippen LogP contribution in [0.5, 0.6) is 5.75 Å². The van der Waals surface area contributed by atoms with Gasteiger partial charge < -0.3 is 15.0 Å². The number of benzene rings is 2. The molecule has 29 heavy (non-hydrogen) atoms. The van der Waals surface area contributed by atoms with Crippen LogP contribution in [-0.2, 0) is 22.7 Å². The highest BCUT2D eigenvalue weighted by molar-refractivity contribution is 6.06. The number of carbonyl (C=O) groups is 3. The molecule has 0 bridgehead atoms. The monoisotopic (exact) mass is 398 g/mol. The molecule has 1 saturated heterocycles. The second-order valence-corrected chi connectivity index (χ2v) is 6.86. The second-order valence-electron chi connectivity index (χ2n) is 6.86. The van der Waals surface area contributed by atoms with E-state index in [4.69, 9.17) is 6.11 Å². The van der Waals surface area contributed by atoms with E-state index in [1.165, 1.54) is 24.1 Å². The zero-order valence-electron chi connectivity index (χ0n) is 16.8. The van der Waals surface area contributed by atoms with Gasteiger partial charge in [-0.15, -0.1) is 0 Å². The minimum atomic E-state index is -1.85. The molecule has 3 amide bonds. The first-order chi connectivity index (χ1) is 14.3. The van der Waals surface area contributed by atoms with Crippen LogP contribution < -0.4 is 15.4 Å². The van der Waals surface area contributed by atoms with Gasteiger partial charge in [-0.1, -0.05) is 6.07 Å². The van der Waals surface area contributed by atoms with Crippen molar-refractivity contribution in [3.05, 3.63) is 58.9 Å². The van der Waals surface area contributed by atoms with Crippen LogP contribution in [-0.4, -0.2) is 35.7 Å². The molecule has 1 atom stereocenters. The Morgan fingerprint density at radius 3 is 2.90 bits per heavy atom. The van der Waals surface area contributed by atoms with Crippen LogP contribution in [0, 0.1) is 5.82 Å². The van der Waals surface area contributed by atoms with Crippen molar-refractivity contribution in [1.29, 1.82) is 0 Å². The molecule has 0 aliphatic carbocycles. The van der Waals surface area contributed by atoms with Crippen molar-refractivity contribution in [1.82, 2.24) is 10.2 Å². The predicted molar refractivity (Wildman–Crippen MR) is 103 cm³/mol. The quantitative estimate of drug-likeness (QED) is 0.754. The topological polar surface area (TPSA) is 87.7 Å². The molecular formula is C21H20FN3O4. The number of ether oxygens (including phenoxy) is 1. The summed E-state index contributed by atoms with van der Waals surface area (Å²) < 4.78 is 27.8. The van der Waals surface area contributed by atoms with Crippen molar-refractivity contribution in [3.8, 4) is 5.75 Å². The fourth-order valence-electron chi connectivity index (χ4n) is 3.58. The molecule has 150 valence electrons. The molecule has 0 unspecified atom stereocenters. The number of rotatable bonds is 5.